The summed E-state index contributed by atoms with van der Waals surface area (Å²) in [6.45, 7) is 10.6. The van der Waals surface area contributed by atoms with Gasteiger partial charge in [-0.3, -0.25) is 9.69 Å². The maximum absolute atomic E-state index is 13.6. The highest BCUT2D eigenvalue weighted by Gasteiger charge is 2.34. The minimum atomic E-state index is -0.0652. The van der Waals surface area contributed by atoms with Crippen molar-refractivity contribution in [3.8, 4) is 11.5 Å². The van der Waals surface area contributed by atoms with Crippen molar-refractivity contribution in [3.63, 3.8) is 0 Å². The molecule has 0 saturated heterocycles. The lowest BCUT2D eigenvalue weighted by molar-refractivity contribution is 0.0404. The van der Waals surface area contributed by atoms with Crippen LogP contribution in [0.5, 0.6) is 0 Å². The molecule has 3 aromatic heterocycles. The Bertz CT molecular complexity index is 1280. The van der Waals surface area contributed by atoms with E-state index in [2.05, 4.69) is 52.7 Å². The van der Waals surface area contributed by atoms with Crippen LogP contribution in [0.15, 0.2) is 24.3 Å². The van der Waals surface area contributed by atoms with Crippen LogP contribution in [0.2, 0.25) is 0 Å². The van der Waals surface area contributed by atoms with E-state index >= 15 is 0 Å². The summed E-state index contributed by atoms with van der Waals surface area (Å²) in [5.74, 6) is 3.18. The van der Waals surface area contributed by atoms with Gasteiger partial charge >= 0.3 is 0 Å². The standard InChI is InChI=1S/C26H34N8O2/c1-15(2)21-13-36-14-24-30-31-25(34(21)24)19-8-7-9-22(28-19)33-12-18-17(26(33)35)10-23(32(6)16(3)4)29-20(18)11-27-5/h7-10,15-16,21,27H,11-14H2,1-6H3/t21-/m1/s1. The summed E-state index contributed by atoms with van der Waals surface area (Å²) >= 11 is 0. The fourth-order valence-corrected chi connectivity index (χ4v) is 4.78. The van der Waals surface area contributed by atoms with E-state index in [9.17, 15) is 4.79 Å². The lowest BCUT2D eigenvalue weighted by atomic mass is 10.0. The summed E-state index contributed by atoms with van der Waals surface area (Å²) in [5.41, 5.74) is 3.20. The number of carbonyl (C=O) groups is 1. The molecule has 36 heavy (non-hydrogen) atoms. The van der Waals surface area contributed by atoms with Crippen molar-refractivity contribution in [1.82, 2.24) is 30.0 Å². The molecule has 0 unspecified atom stereocenters. The number of aromatic nitrogens is 5. The maximum atomic E-state index is 13.6. The summed E-state index contributed by atoms with van der Waals surface area (Å²) in [7, 11) is 3.89. The zero-order valence-electron chi connectivity index (χ0n) is 21.8. The van der Waals surface area contributed by atoms with Gasteiger partial charge in [-0.15, -0.1) is 10.2 Å². The Morgan fingerprint density at radius 1 is 1.19 bits per heavy atom. The second kappa shape index (κ2) is 9.59. The minimum Gasteiger partial charge on any atom is -0.371 e. The number of fused-ring (bicyclic) bond motifs is 2. The zero-order chi connectivity index (χ0) is 25.6. The number of anilines is 2. The Morgan fingerprint density at radius 3 is 2.72 bits per heavy atom. The number of hydrogen-bond donors (Lipinski definition) is 1. The van der Waals surface area contributed by atoms with Crippen LogP contribution < -0.4 is 15.1 Å². The van der Waals surface area contributed by atoms with Crippen LogP contribution in [0.1, 0.15) is 61.2 Å². The van der Waals surface area contributed by atoms with Gasteiger partial charge in [-0.05, 0) is 45.0 Å². The molecule has 10 heteroatoms. The number of nitrogens with one attached hydrogen (secondary N) is 1. The molecule has 0 spiro atoms. The van der Waals surface area contributed by atoms with Gasteiger partial charge < -0.3 is 19.5 Å². The van der Waals surface area contributed by atoms with Gasteiger partial charge in [0.2, 0.25) is 0 Å². The molecule has 190 valence electrons. The fraction of sp³-hybridized carbons (Fsp3) is 0.500. The predicted octanol–water partition coefficient (Wildman–Crippen LogP) is 3.19. The topological polar surface area (TPSA) is 101 Å². The number of nitrogens with zero attached hydrogens (tertiary/aromatic N) is 7. The fourth-order valence-electron chi connectivity index (χ4n) is 4.78. The average Bonchev–Trinajstić information content (AvgIpc) is 3.45. The first-order chi connectivity index (χ1) is 17.3. The lowest BCUT2D eigenvalue weighted by Crippen LogP contribution is -2.28. The average molecular weight is 491 g/mol. The summed E-state index contributed by atoms with van der Waals surface area (Å²) in [4.78, 5) is 27.2. The summed E-state index contributed by atoms with van der Waals surface area (Å²) in [6.07, 6.45) is 0. The van der Waals surface area contributed by atoms with Crippen molar-refractivity contribution in [3.05, 3.63) is 46.9 Å². The van der Waals surface area contributed by atoms with Crippen LogP contribution in [-0.4, -0.2) is 57.4 Å². The van der Waals surface area contributed by atoms with Crippen LogP contribution in [0.4, 0.5) is 11.6 Å². The first-order valence-electron chi connectivity index (χ1n) is 12.5. The van der Waals surface area contributed by atoms with Gasteiger partial charge in [0.25, 0.3) is 5.91 Å². The van der Waals surface area contributed by atoms with Crippen molar-refractivity contribution in [2.45, 2.75) is 59.5 Å². The molecule has 0 aliphatic carbocycles. The largest absolute Gasteiger partial charge is 0.371 e. The molecular weight excluding hydrogens is 456 g/mol. The molecule has 0 aromatic carbocycles. The SMILES string of the molecule is CNCc1nc(N(C)C(C)C)cc2c1CN(c1cccc(-c3nnc4n3[C@@H](C(C)C)COC4)n1)C2=O. The molecule has 3 aromatic rings. The molecule has 5 heterocycles. The van der Waals surface area contributed by atoms with Crippen LogP contribution in [-0.2, 0) is 24.4 Å². The number of hydrogen-bond acceptors (Lipinski definition) is 8. The highest BCUT2D eigenvalue weighted by atomic mass is 16.5. The Kier molecular flexibility index (Phi) is 6.48. The number of rotatable bonds is 7. The molecule has 0 fully saturated rings. The van der Waals surface area contributed by atoms with E-state index in [0.717, 1.165) is 22.9 Å². The van der Waals surface area contributed by atoms with Crippen LogP contribution >= 0.6 is 0 Å². The Hall–Kier alpha value is -3.37. The Labute approximate surface area is 211 Å². The maximum Gasteiger partial charge on any atom is 0.260 e. The quantitative estimate of drug-likeness (QED) is 0.539. The molecule has 2 aliphatic rings. The van der Waals surface area contributed by atoms with E-state index in [0.29, 0.717) is 55.1 Å². The summed E-state index contributed by atoms with van der Waals surface area (Å²) in [6, 6.07) is 8.01. The lowest BCUT2D eigenvalue weighted by Gasteiger charge is -2.29. The molecule has 1 amide bonds. The van der Waals surface area contributed by atoms with Gasteiger partial charge in [0.15, 0.2) is 11.6 Å². The normalized spacial score (nSPS) is 17.2. The second-order valence-corrected chi connectivity index (χ2v) is 10.1. The van der Waals surface area contributed by atoms with Gasteiger partial charge in [-0.1, -0.05) is 19.9 Å². The number of ether oxygens (including phenoxy) is 1. The number of pyridine rings is 2. The number of carbonyl (C=O) groups excluding carboxylic acids is 1. The van der Waals surface area contributed by atoms with E-state index in [1.54, 1.807) is 4.90 Å². The Balaban J connectivity index is 1.52. The molecule has 0 radical (unpaired) electrons. The van der Waals surface area contributed by atoms with Gasteiger partial charge in [-0.2, -0.15) is 0 Å². The van der Waals surface area contributed by atoms with Crippen molar-refractivity contribution < 1.29 is 9.53 Å². The van der Waals surface area contributed by atoms with E-state index < -0.39 is 0 Å². The number of amides is 1. The first-order valence-corrected chi connectivity index (χ1v) is 12.5. The van der Waals surface area contributed by atoms with E-state index in [1.807, 2.05) is 38.4 Å². The van der Waals surface area contributed by atoms with Crippen LogP contribution in [0.25, 0.3) is 11.5 Å². The molecule has 1 N–H and O–H groups in total. The highest BCUT2D eigenvalue weighted by Crippen LogP contribution is 2.34. The molecule has 10 nitrogen and oxygen atoms in total. The van der Waals surface area contributed by atoms with E-state index in [4.69, 9.17) is 14.7 Å². The smallest absolute Gasteiger partial charge is 0.260 e. The third kappa shape index (κ3) is 4.14. The van der Waals surface area contributed by atoms with Gasteiger partial charge in [-0.25, -0.2) is 9.97 Å². The first kappa shape index (κ1) is 24.3. The van der Waals surface area contributed by atoms with Crippen molar-refractivity contribution in [2.24, 2.45) is 5.92 Å². The van der Waals surface area contributed by atoms with Gasteiger partial charge in [0.05, 0.1) is 30.5 Å². The van der Waals surface area contributed by atoms with Crippen LogP contribution in [0, 0.1) is 5.92 Å². The molecule has 2 aliphatic heterocycles. The van der Waals surface area contributed by atoms with Crippen molar-refractivity contribution >= 4 is 17.5 Å². The minimum absolute atomic E-state index is 0.0652. The monoisotopic (exact) mass is 490 g/mol. The van der Waals surface area contributed by atoms with Gasteiger partial charge in [0, 0.05) is 25.2 Å². The molecule has 0 saturated carbocycles. The zero-order valence-corrected chi connectivity index (χ0v) is 21.8. The van der Waals surface area contributed by atoms with Gasteiger partial charge in [0.1, 0.15) is 23.9 Å². The summed E-state index contributed by atoms with van der Waals surface area (Å²) in [5, 5.41) is 12.0. The van der Waals surface area contributed by atoms with E-state index in [-0.39, 0.29) is 18.0 Å². The van der Waals surface area contributed by atoms with E-state index in [1.165, 1.54) is 0 Å². The molecular formula is C26H34N8O2. The summed E-state index contributed by atoms with van der Waals surface area (Å²) < 4.78 is 7.88. The predicted molar refractivity (Wildman–Crippen MR) is 138 cm³/mol. The molecule has 5 rings (SSSR count). The highest BCUT2D eigenvalue weighted by molar-refractivity contribution is 6.10. The van der Waals surface area contributed by atoms with Crippen molar-refractivity contribution in [2.75, 3.05) is 30.5 Å². The third-order valence-corrected chi connectivity index (χ3v) is 7.10. The second-order valence-electron chi connectivity index (χ2n) is 10.1. The third-order valence-electron chi connectivity index (χ3n) is 7.10. The molecule has 1 atom stereocenters. The Morgan fingerprint density at radius 2 is 2.00 bits per heavy atom. The van der Waals surface area contributed by atoms with Crippen LogP contribution in [0.3, 0.4) is 0 Å². The molecule has 0 bridgehead atoms. The van der Waals surface area contributed by atoms with Crippen molar-refractivity contribution in [1.29, 1.82) is 0 Å².